The van der Waals surface area contributed by atoms with Gasteiger partial charge in [0.25, 0.3) is 0 Å². The first-order chi connectivity index (χ1) is 5.99. The Hall–Kier alpha value is -0.800. The number of hydrogen-bond donors (Lipinski definition) is 2. The van der Waals surface area contributed by atoms with E-state index in [1.54, 1.807) is 20.1 Å². The highest BCUT2D eigenvalue weighted by Gasteiger charge is 2.15. The van der Waals surface area contributed by atoms with E-state index in [-0.39, 0.29) is 6.04 Å². The first kappa shape index (κ1) is 10.3. The van der Waals surface area contributed by atoms with E-state index in [1.807, 2.05) is 19.1 Å². The number of nitrogens with one attached hydrogen (secondary N) is 1. The first-order valence-electron chi connectivity index (χ1n) is 4.48. The predicted molar refractivity (Wildman–Crippen MR) is 51.4 cm³/mol. The molecule has 1 aromatic heterocycles. The molecule has 0 radical (unpaired) electrons. The summed E-state index contributed by atoms with van der Waals surface area (Å²) in [6, 6.07) is 3.92. The van der Waals surface area contributed by atoms with Crippen molar-refractivity contribution in [1.82, 2.24) is 5.32 Å². The summed E-state index contributed by atoms with van der Waals surface area (Å²) in [6.45, 7) is 6.10. The van der Waals surface area contributed by atoms with E-state index in [4.69, 9.17) is 4.42 Å². The molecule has 3 nitrogen and oxygen atoms in total. The first-order valence-corrected chi connectivity index (χ1v) is 4.48. The highest BCUT2D eigenvalue weighted by molar-refractivity contribution is 5.03. The van der Waals surface area contributed by atoms with Gasteiger partial charge in [-0.05, 0) is 32.9 Å². The zero-order chi connectivity index (χ0) is 9.90. The number of aliphatic hydroxyl groups is 1. The van der Waals surface area contributed by atoms with Crippen molar-refractivity contribution in [2.75, 3.05) is 6.54 Å². The molecule has 74 valence electrons. The molecule has 0 amide bonds. The van der Waals surface area contributed by atoms with Crippen LogP contribution in [0.15, 0.2) is 22.8 Å². The highest BCUT2D eigenvalue weighted by atomic mass is 16.3. The van der Waals surface area contributed by atoms with E-state index < -0.39 is 5.60 Å². The maximum Gasteiger partial charge on any atom is 0.120 e. The van der Waals surface area contributed by atoms with Gasteiger partial charge in [0.1, 0.15) is 5.76 Å². The van der Waals surface area contributed by atoms with Crippen molar-refractivity contribution in [2.45, 2.75) is 32.4 Å². The molecule has 0 spiro atoms. The summed E-state index contributed by atoms with van der Waals surface area (Å²) in [5.41, 5.74) is -0.680. The third-order valence-electron chi connectivity index (χ3n) is 1.81. The predicted octanol–water partition coefficient (Wildman–Crippen LogP) is 1.70. The fourth-order valence-electron chi connectivity index (χ4n) is 1.04. The van der Waals surface area contributed by atoms with Crippen LogP contribution in [-0.4, -0.2) is 17.3 Å². The lowest BCUT2D eigenvalue weighted by Crippen LogP contribution is -2.35. The van der Waals surface area contributed by atoms with Gasteiger partial charge in [-0.1, -0.05) is 0 Å². The standard InChI is InChI=1S/C10H17NO2/c1-8(9-5-4-6-13-9)11-7-10(2,3)12/h4-6,8,11-12H,7H2,1-3H3/t8-/m1/s1. The summed E-state index contributed by atoms with van der Waals surface area (Å²) >= 11 is 0. The summed E-state index contributed by atoms with van der Waals surface area (Å²) < 4.78 is 5.22. The van der Waals surface area contributed by atoms with Crippen molar-refractivity contribution >= 4 is 0 Å². The maximum atomic E-state index is 9.47. The molecule has 3 heteroatoms. The molecule has 1 heterocycles. The number of furan rings is 1. The van der Waals surface area contributed by atoms with Crippen molar-refractivity contribution in [3.63, 3.8) is 0 Å². The Labute approximate surface area is 78.8 Å². The highest BCUT2D eigenvalue weighted by Crippen LogP contribution is 2.12. The minimum Gasteiger partial charge on any atom is -0.468 e. The smallest absolute Gasteiger partial charge is 0.120 e. The summed E-state index contributed by atoms with van der Waals surface area (Å²) in [6.07, 6.45) is 1.65. The van der Waals surface area contributed by atoms with E-state index in [9.17, 15) is 5.11 Å². The Balaban J connectivity index is 2.39. The van der Waals surface area contributed by atoms with Crippen molar-refractivity contribution < 1.29 is 9.52 Å². The molecule has 1 rings (SSSR count). The Morgan fingerprint density at radius 1 is 1.62 bits per heavy atom. The second-order valence-corrected chi connectivity index (χ2v) is 3.93. The van der Waals surface area contributed by atoms with E-state index in [1.165, 1.54) is 0 Å². The van der Waals surface area contributed by atoms with Crippen LogP contribution in [0.25, 0.3) is 0 Å². The quantitative estimate of drug-likeness (QED) is 0.746. The Morgan fingerprint density at radius 2 is 2.31 bits per heavy atom. The molecule has 0 aromatic carbocycles. The average molecular weight is 183 g/mol. The SMILES string of the molecule is C[C@@H](NCC(C)(C)O)c1ccco1. The molecule has 0 unspecified atom stereocenters. The van der Waals surface area contributed by atoms with Crippen LogP contribution in [0, 0.1) is 0 Å². The molecule has 0 saturated carbocycles. The van der Waals surface area contributed by atoms with Gasteiger partial charge in [-0.3, -0.25) is 0 Å². The normalized spacial score (nSPS) is 14.5. The average Bonchev–Trinajstić information content (AvgIpc) is 2.50. The molecule has 13 heavy (non-hydrogen) atoms. The molecular weight excluding hydrogens is 166 g/mol. The third kappa shape index (κ3) is 3.61. The van der Waals surface area contributed by atoms with Gasteiger partial charge < -0.3 is 14.8 Å². The van der Waals surface area contributed by atoms with Gasteiger partial charge in [-0.25, -0.2) is 0 Å². The van der Waals surface area contributed by atoms with Gasteiger partial charge in [0.15, 0.2) is 0 Å². The van der Waals surface area contributed by atoms with Gasteiger partial charge in [0.2, 0.25) is 0 Å². The molecular formula is C10H17NO2. The van der Waals surface area contributed by atoms with E-state index >= 15 is 0 Å². The van der Waals surface area contributed by atoms with Crippen LogP contribution < -0.4 is 5.32 Å². The van der Waals surface area contributed by atoms with Crippen molar-refractivity contribution in [3.8, 4) is 0 Å². The van der Waals surface area contributed by atoms with Gasteiger partial charge in [0.05, 0.1) is 17.9 Å². The van der Waals surface area contributed by atoms with Crippen LogP contribution in [0.5, 0.6) is 0 Å². The molecule has 0 saturated heterocycles. The third-order valence-corrected chi connectivity index (χ3v) is 1.81. The molecule has 0 aliphatic carbocycles. The van der Waals surface area contributed by atoms with Crippen molar-refractivity contribution in [3.05, 3.63) is 24.2 Å². The summed E-state index contributed by atoms with van der Waals surface area (Å²) in [4.78, 5) is 0. The van der Waals surface area contributed by atoms with Gasteiger partial charge in [-0.15, -0.1) is 0 Å². The van der Waals surface area contributed by atoms with Crippen LogP contribution in [0.2, 0.25) is 0 Å². The molecule has 0 bridgehead atoms. The topological polar surface area (TPSA) is 45.4 Å². The summed E-state index contributed by atoms with van der Waals surface area (Å²) in [7, 11) is 0. The molecule has 1 atom stereocenters. The fourth-order valence-corrected chi connectivity index (χ4v) is 1.04. The molecule has 0 fully saturated rings. The Kier molecular flexibility index (Phi) is 3.12. The van der Waals surface area contributed by atoms with E-state index in [0.29, 0.717) is 6.54 Å². The lowest BCUT2D eigenvalue weighted by Gasteiger charge is -2.20. The van der Waals surface area contributed by atoms with Gasteiger partial charge >= 0.3 is 0 Å². The van der Waals surface area contributed by atoms with Gasteiger partial charge in [-0.2, -0.15) is 0 Å². The van der Waals surface area contributed by atoms with Crippen molar-refractivity contribution in [2.24, 2.45) is 0 Å². The number of rotatable bonds is 4. The number of hydrogen-bond acceptors (Lipinski definition) is 3. The Bertz CT molecular complexity index is 236. The van der Waals surface area contributed by atoms with Crippen LogP contribution in [0.3, 0.4) is 0 Å². The maximum absolute atomic E-state index is 9.47. The monoisotopic (exact) mass is 183 g/mol. The van der Waals surface area contributed by atoms with E-state index in [0.717, 1.165) is 5.76 Å². The van der Waals surface area contributed by atoms with Crippen LogP contribution >= 0.6 is 0 Å². The summed E-state index contributed by atoms with van der Waals surface area (Å²) in [5.74, 6) is 0.893. The largest absolute Gasteiger partial charge is 0.468 e. The van der Waals surface area contributed by atoms with Gasteiger partial charge in [0, 0.05) is 6.54 Å². The minimum atomic E-state index is -0.680. The van der Waals surface area contributed by atoms with Crippen molar-refractivity contribution in [1.29, 1.82) is 0 Å². The molecule has 0 aliphatic heterocycles. The van der Waals surface area contributed by atoms with Crippen LogP contribution in [-0.2, 0) is 0 Å². The second kappa shape index (κ2) is 3.94. The Morgan fingerprint density at radius 3 is 2.77 bits per heavy atom. The lowest BCUT2D eigenvalue weighted by atomic mass is 10.1. The zero-order valence-electron chi connectivity index (χ0n) is 8.37. The second-order valence-electron chi connectivity index (χ2n) is 3.93. The molecule has 0 aliphatic rings. The van der Waals surface area contributed by atoms with Crippen LogP contribution in [0.1, 0.15) is 32.6 Å². The minimum absolute atomic E-state index is 0.140. The summed E-state index contributed by atoms with van der Waals surface area (Å²) in [5, 5.41) is 12.7. The van der Waals surface area contributed by atoms with Crippen LogP contribution in [0.4, 0.5) is 0 Å². The van der Waals surface area contributed by atoms with E-state index in [2.05, 4.69) is 5.32 Å². The molecule has 2 N–H and O–H groups in total. The lowest BCUT2D eigenvalue weighted by molar-refractivity contribution is 0.0762. The molecule has 1 aromatic rings. The fraction of sp³-hybridized carbons (Fsp3) is 0.600. The zero-order valence-corrected chi connectivity index (χ0v) is 8.37.